The molecule has 2 rings (SSSR count). The summed E-state index contributed by atoms with van der Waals surface area (Å²) in [6, 6.07) is 11.3. The Labute approximate surface area is 224 Å². The molecule has 0 saturated heterocycles. The summed E-state index contributed by atoms with van der Waals surface area (Å²) in [6.07, 6.45) is 2.13. The van der Waals surface area contributed by atoms with Gasteiger partial charge in [0.25, 0.3) is 0 Å². The topological polar surface area (TPSA) is 86.8 Å². The number of hydrogen-bond donors (Lipinski definition) is 1. The van der Waals surface area contributed by atoms with Gasteiger partial charge in [0.05, 0.1) is 11.9 Å². The van der Waals surface area contributed by atoms with E-state index in [1.165, 1.54) is 4.90 Å². The standard InChI is InChI=1S/C26H35Cl2N3O4S/c1-6-15-29-26(33)23(7-2)30(16-20-21(27)12-10-13-22(20)28)25(32)17-31(36(5,34)35)24-14-9-8-11-19(24)18(3)4/h8-14,18,23H,6-7,15-17H2,1-5H3,(H,29,33). The number of sulfonamides is 1. The van der Waals surface area contributed by atoms with E-state index in [4.69, 9.17) is 23.2 Å². The first-order valence-electron chi connectivity index (χ1n) is 12.0. The van der Waals surface area contributed by atoms with E-state index in [0.29, 0.717) is 34.3 Å². The Morgan fingerprint density at radius 1 is 1.00 bits per heavy atom. The molecule has 2 amide bonds. The third kappa shape index (κ3) is 7.60. The summed E-state index contributed by atoms with van der Waals surface area (Å²) < 4.78 is 26.9. The fourth-order valence-electron chi connectivity index (χ4n) is 3.94. The summed E-state index contributed by atoms with van der Waals surface area (Å²) in [6.45, 7) is 7.59. The van der Waals surface area contributed by atoms with E-state index in [-0.39, 0.29) is 18.4 Å². The molecule has 0 aliphatic heterocycles. The van der Waals surface area contributed by atoms with E-state index in [2.05, 4.69) is 5.32 Å². The van der Waals surface area contributed by atoms with Crippen LogP contribution in [-0.2, 0) is 26.2 Å². The second-order valence-corrected chi connectivity index (χ2v) is 11.6. The first-order chi connectivity index (χ1) is 16.9. The van der Waals surface area contributed by atoms with Crippen LogP contribution in [0.2, 0.25) is 10.0 Å². The van der Waals surface area contributed by atoms with E-state index in [1.54, 1.807) is 37.3 Å². The monoisotopic (exact) mass is 555 g/mol. The van der Waals surface area contributed by atoms with Crippen molar-refractivity contribution >= 4 is 50.7 Å². The molecule has 1 N–H and O–H groups in total. The molecule has 0 spiro atoms. The average Bonchev–Trinajstić information content (AvgIpc) is 2.81. The lowest BCUT2D eigenvalue weighted by atomic mass is 10.0. The quantitative estimate of drug-likeness (QED) is 0.389. The Hall–Kier alpha value is -2.29. The van der Waals surface area contributed by atoms with Crippen LogP contribution in [0.25, 0.3) is 0 Å². The summed E-state index contributed by atoms with van der Waals surface area (Å²) in [5, 5.41) is 3.55. The van der Waals surface area contributed by atoms with Crippen LogP contribution >= 0.6 is 23.2 Å². The fourth-order valence-corrected chi connectivity index (χ4v) is 5.32. The Balaban J connectivity index is 2.55. The fraction of sp³-hybridized carbons (Fsp3) is 0.462. The highest BCUT2D eigenvalue weighted by atomic mass is 35.5. The molecule has 36 heavy (non-hydrogen) atoms. The highest BCUT2D eigenvalue weighted by molar-refractivity contribution is 7.92. The Morgan fingerprint density at radius 2 is 1.61 bits per heavy atom. The van der Waals surface area contributed by atoms with Crippen LogP contribution in [0.4, 0.5) is 5.69 Å². The number of rotatable bonds is 12. The van der Waals surface area contributed by atoms with Crippen LogP contribution in [0, 0.1) is 0 Å². The van der Waals surface area contributed by atoms with Gasteiger partial charge in [0.2, 0.25) is 21.8 Å². The number of carbonyl (C=O) groups is 2. The molecule has 0 radical (unpaired) electrons. The van der Waals surface area contributed by atoms with Gasteiger partial charge in [0, 0.05) is 28.7 Å². The number of amides is 2. The Morgan fingerprint density at radius 3 is 2.14 bits per heavy atom. The molecule has 0 heterocycles. The number of nitrogens with zero attached hydrogens (tertiary/aromatic N) is 2. The second-order valence-electron chi connectivity index (χ2n) is 8.92. The molecule has 2 aromatic rings. The zero-order valence-electron chi connectivity index (χ0n) is 21.4. The van der Waals surface area contributed by atoms with Crippen molar-refractivity contribution in [2.75, 3.05) is 23.7 Å². The van der Waals surface area contributed by atoms with Crippen LogP contribution < -0.4 is 9.62 Å². The zero-order valence-corrected chi connectivity index (χ0v) is 23.8. The number of nitrogens with one attached hydrogen (secondary N) is 1. The van der Waals surface area contributed by atoms with Crippen molar-refractivity contribution in [3.8, 4) is 0 Å². The summed E-state index contributed by atoms with van der Waals surface area (Å²) in [7, 11) is -3.83. The molecule has 0 saturated carbocycles. The van der Waals surface area contributed by atoms with E-state index >= 15 is 0 Å². The number of benzene rings is 2. The van der Waals surface area contributed by atoms with Gasteiger partial charge in [0.1, 0.15) is 12.6 Å². The third-order valence-electron chi connectivity index (χ3n) is 5.83. The van der Waals surface area contributed by atoms with Gasteiger partial charge in [-0.1, -0.05) is 75.2 Å². The molecule has 0 aliphatic rings. The molecule has 7 nitrogen and oxygen atoms in total. The average molecular weight is 557 g/mol. The van der Waals surface area contributed by atoms with Gasteiger partial charge in [-0.2, -0.15) is 0 Å². The second kappa shape index (κ2) is 13.3. The van der Waals surface area contributed by atoms with E-state index in [1.807, 2.05) is 32.9 Å². The van der Waals surface area contributed by atoms with Crippen molar-refractivity contribution in [1.29, 1.82) is 0 Å². The molecular formula is C26H35Cl2N3O4S. The summed E-state index contributed by atoms with van der Waals surface area (Å²) in [5.74, 6) is -0.820. The smallest absolute Gasteiger partial charge is 0.244 e. The van der Waals surface area contributed by atoms with E-state index in [0.717, 1.165) is 22.5 Å². The maximum Gasteiger partial charge on any atom is 0.244 e. The van der Waals surface area contributed by atoms with Gasteiger partial charge in [-0.3, -0.25) is 13.9 Å². The molecule has 0 aromatic heterocycles. The molecule has 2 aromatic carbocycles. The Kier molecular flexibility index (Phi) is 11.1. The molecule has 198 valence electrons. The van der Waals surface area contributed by atoms with Crippen LogP contribution in [0.15, 0.2) is 42.5 Å². The minimum atomic E-state index is -3.83. The predicted molar refractivity (Wildman–Crippen MR) is 147 cm³/mol. The van der Waals surface area contributed by atoms with Gasteiger partial charge < -0.3 is 10.2 Å². The lowest BCUT2D eigenvalue weighted by Crippen LogP contribution is -2.52. The Bertz CT molecular complexity index is 1150. The van der Waals surface area contributed by atoms with Crippen LogP contribution in [0.1, 0.15) is 57.6 Å². The van der Waals surface area contributed by atoms with Crippen LogP contribution in [0.5, 0.6) is 0 Å². The molecule has 0 bridgehead atoms. The predicted octanol–water partition coefficient (Wildman–Crippen LogP) is 5.22. The van der Waals surface area contributed by atoms with E-state index < -0.39 is 28.5 Å². The van der Waals surface area contributed by atoms with Gasteiger partial charge in [-0.15, -0.1) is 0 Å². The van der Waals surface area contributed by atoms with Gasteiger partial charge in [-0.05, 0) is 42.5 Å². The van der Waals surface area contributed by atoms with Crippen molar-refractivity contribution in [2.45, 2.75) is 59.0 Å². The molecule has 1 unspecified atom stereocenters. The summed E-state index contributed by atoms with van der Waals surface area (Å²) in [4.78, 5) is 28.2. The number of hydrogen-bond acceptors (Lipinski definition) is 4. The minimum Gasteiger partial charge on any atom is -0.354 e. The summed E-state index contributed by atoms with van der Waals surface area (Å²) in [5.41, 5.74) is 1.72. The highest BCUT2D eigenvalue weighted by Gasteiger charge is 2.33. The maximum atomic E-state index is 13.8. The van der Waals surface area contributed by atoms with E-state index in [9.17, 15) is 18.0 Å². The van der Waals surface area contributed by atoms with Crippen molar-refractivity contribution in [2.24, 2.45) is 0 Å². The van der Waals surface area contributed by atoms with Crippen LogP contribution in [-0.4, -0.2) is 50.5 Å². The van der Waals surface area contributed by atoms with Crippen molar-refractivity contribution in [3.05, 3.63) is 63.6 Å². The lowest BCUT2D eigenvalue weighted by molar-refractivity contribution is -0.140. The lowest BCUT2D eigenvalue weighted by Gasteiger charge is -2.33. The zero-order chi connectivity index (χ0) is 27.0. The normalized spacial score (nSPS) is 12.3. The number of halogens is 2. The number of para-hydroxylation sites is 1. The van der Waals surface area contributed by atoms with Crippen LogP contribution in [0.3, 0.4) is 0 Å². The van der Waals surface area contributed by atoms with Crippen molar-refractivity contribution < 1.29 is 18.0 Å². The largest absolute Gasteiger partial charge is 0.354 e. The number of anilines is 1. The highest BCUT2D eigenvalue weighted by Crippen LogP contribution is 2.30. The van der Waals surface area contributed by atoms with Gasteiger partial charge in [-0.25, -0.2) is 8.42 Å². The SMILES string of the molecule is CCCNC(=O)C(CC)N(Cc1c(Cl)cccc1Cl)C(=O)CN(c1ccccc1C(C)C)S(C)(=O)=O. The summed E-state index contributed by atoms with van der Waals surface area (Å²) >= 11 is 12.8. The minimum absolute atomic E-state index is 0.0294. The van der Waals surface area contributed by atoms with Crippen molar-refractivity contribution in [3.63, 3.8) is 0 Å². The maximum absolute atomic E-state index is 13.8. The molecule has 1 atom stereocenters. The third-order valence-corrected chi connectivity index (χ3v) is 7.67. The molecular weight excluding hydrogens is 521 g/mol. The van der Waals surface area contributed by atoms with Crippen molar-refractivity contribution in [1.82, 2.24) is 10.2 Å². The molecule has 0 fully saturated rings. The first kappa shape index (κ1) is 29.9. The molecule has 0 aliphatic carbocycles. The van der Waals surface area contributed by atoms with Gasteiger partial charge >= 0.3 is 0 Å². The first-order valence-corrected chi connectivity index (χ1v) is 14.6. The number of carbonyl (C=O) groups excluding carboxylic acids is 2. The van der Waals surface area contributed by atoms with Gasteiger partial charge in [0.15, 0.2) is 0 Å². The molecule has 10 heteroatoms.